The summed E-state index contributed by atoms with van der Waals surface area (Å²) in [7, 11) is 1.45. The summed E-state index contributed by atoms with van der Waals surface area (Å²) in [6.45, 7) is 3.91. The third kappa shape index (κ3) is 5.59. The molecule has 0 aromatic rings. The highest BCUT2D eigenvalue weighted by atomic mass is 16.5. The quantitative estimate of drug-likeness (QED) is 0.427. The number of aliphatic hydroxyl groups is 1. The molecule has 0 fully saturated rings. The largest absolute Gasteiger partial charge is 0.492 e. The fourth-order valence-corrected chi connectivity index (χ4v) is 3.21. The van der Waals surface area contributed by atoms with Crippen LogP contribution in [0.5, 0.6) is 0 Å². The average molecular weight is 336 g/mol. The molecule has 0 aliphatic heterocycles. The minimum Gasteiger partial charge on any atom is -0.492 e. The third-order valence-corrected chi connectivity index (χ3v) is 4.71. The molecular weight excluding hydrogens is 304 g/mol. The summed E-state index contributed by atoms with van der Waals surface area (Å²) in [6, 6.07) is 0. The molecule has 1 N–H and O–H groups in total. The van der Waals surface area contributed by atoms with Crippen LogP contribution in [0.1, 0.15) is 78.1 Å². The molecule has 0 aromatic heterocycles. The molecule has 4 nitrogen and oxygen atoms in total. The van der Waals surface area contributed by atoms with Gasteiger partial charge in [0.2, 0.25) is 5.78 Å². The standard InChI is InChI=1S/C20H32O4/c1-4-16-19(23)17(15(2)18(22)20(16)24-3)13-11-9-7-5-6-8-10-12-14-21/h21H,4-14H2,1-3H3. The van der Waals surface area contributed by atoms with Gasteiger partial charge in [-0.05, 0) is 32.6 Å². The Bertz CT molecular complexity index is 500. The van der Waals surface area contributed by atoms with Crippen LogP contribution in [0.15, 0.2) is 22.5 Å². The van der Waals surface area contributed by atoms with E-state index in [-0.39, 0.29) is 17.3 Å². The highest BCUT2D eigenvalue weighted by Crippen LogP contribution is 2.29. The van der Waals surface area contributed by atoms with Gasteiger partial charge >= 0.3 is 0 Å². The van der Waals surface area contributed by atoms with Crippen molar-refractivity contribution in [3.05, 3.63) is 22.5 Å². The van der Waals surface area contributed by atoms with Crippen molar-refractivity contribution in [2.24, 2.45) is 0 Å². The number of hydrogen-bond donors (Lipinski definition) is 1. The smallest absolute Gasteiger partial charge is 0.224 e. The monoisotopic (exact) mass is 336 g/mol. The fourth-order valence-electron chi connectivity index (χ4n) is 3.21. The molecule has 4 heteroatoms. The molecule has 1 rings (SSSR count). The lowest BCUT2D eigenvalue weighted by molar-refractivity contribution is -0.119. The minimum absolute atomic E-state index is 0.00421. The maximum Gasteiger partial charge on any atom is 0.224 e. The van der Waals surface area contributed by atoms with E-state index in [2.05, 4.69) is 0 Å². The third-order valence-electron chi connectivity index (χ3n) is 4.71. The highest BCUT2D eigenvalue weighted by Gasteiger charge is 2.31. The summed E-state index contributed by atoms with van der Waals surface area (Å²) >= 11 is 0. The van der Waals surface area contributed by atoms with Crippen LogP contribution in [-0.4, -0.2) is 30.4 Å². The number of aliphatic hydroxyl groups excluding tert-OH is 1. The van der Waals surface area contributed by atoms with Gasteiger partial charge in [-0.1, -0.05) is 45.4 Å². The Morgan fingerprint density at radius 1 is 0.833 bits per heavy atom. The van der Waals surface area contributed by atoms with Crippen LogP contribution in [0.2, 0.25) is 0 Å². The molecular formula is C20H32O4. The van der Waals surface area contributed by atoms with Crippen molar-refractivity contribution in [1.82, 2.24) is 0 Å². The van der Waals surface area contributed by atoms with Crippen molar-refractivity contribution in [1.29, 1.82) is 0 Å². The molecule has 0 saturated heterocycles. The number of hydrogen-bond acceptors (Lipinski definition) is 4. The summed E-state index contributed by atoms with van der Waals surface area (Å²) in [4.78, 5) is 24.9. The predicted octanol–water partition coefficient (Wildman–Crippen LogP) is 4.27. The van der Waals surface area contributed by atoms with E-state index in [9.17, 15) is 9.59 Å². The lowest BCUT2D eigenvalue weighted by Gasteiger charge is -2.20. The van der Waals surface area contributed by atoms with Crippen molar-refractivity contribution in [3.63, 3.8) is 0 Å². The van der Waals surface area contributed by atoms with Crippen molar-refractivity contribution in [3.8, 4) is 0 Å². The molecule has 0 unspecified atom stereocenters. The first-order valence-electron chi connectivity index (χ1n) is 9.25. The Labute approximate surface area is 146 Å². The summed E-state index contributed by atoms with van der Waals surface area (Å²) in [6.07, 6.45) is 9.99. The van der Waals surface area contributed by atoms with E-state index in [0.717, 1.165) is 32.1 Å². The molecule has 0 amide bonds. The minimum atomic E-state index is -0.132. The van der Waals surface area contributed by atoms with Gasteiger partial charge < -0.3 is 9.84 Å². The van der Waals surface area contributed by atoms with Crippen LogP contribution in [0.3, 0.4) is 0 Å². The Morgan fingerprint density at radius 3 is 1.88 bits per heavy atom. The molecule has 1 aliphatic carbocycles. The second-order valence-electron chi connectivity index (χ2n) is 6.43. The molecule has 0 aromatic carbocycles. The fraction of sp³-hybridized carbons (Fsp3) is 0.700. The lowest BCUT2D eigenvalue weighted by atomic mass is 9.85. The zero-order valence-electron chi connectivity index (χ0n) is 15.5. The zero-order chi connectivity index (χ0) is 17.9. The van der Waals surface area contributed by atoms with Crippen molar-refractivity contribution < 1.29 is 19.4 Å². The first-order valence-corrected chi connectivity index (χ1v) is 9.25. The van der Waals surface area contributed by atoms with E-state index in [1.807, 2.05) is 6.92 Å². The Balaban J connectivity index is 2.41. The van der Waals surface area contributed by atoms with Crippen LogP contribution in [0, 0.1) is 0 Å². The van der Waals surface area contributed by atoms with Gasteiger partial charge in [-0.25, -0.2) is 0 Å². The summed E-state index contributed by atoms with van der Waals surface area (Å²) in [5.41, 5.74) is 1.76. The number of rotatable bonds is 12. The number of ketones is 2. The van der Waals surface area contributed by atoms with E-state index in [4.69, 9.17) is 9.84 Å². The average Bonchev–Trinajstić information content (AvgIpc) is 2.58. The second kappa shape index (κ2) is 11.2. The summed E-state index contributed by atoms with van der Waals surface area (Å²) in [5.74, 6) is 0.0925. The first-order chi connectivity index (χ1) is 11.6. The molecule has 0 saturated carbocycles. The zero-order valence-corrected chi connectivity index (χ0v) is 15.5. The number of carbonyl (C=O) groups is 2. The van der Waals surface area contributed by atoms with E-state index in [0.29, 0.717) is 36.2 Å². The topological polar surface area (TPSA) is 63.6 Å². The number of Topliss-reactive ketones (excluding diaryl/α,β-unsaturated/α-hetero) is 2. The Hall–Kier alpha value is -1.42. The van der Waals surface area contributed by atoms with E-state index < -0.39 is 0 Å². The second-order valence-corrected chi connectivity index (χ2v) is 6.43. The van der Waals surface area contributed by atoms with Crippen LogP contribution < -0.4 is 0 Å². The van der Waals surface area contributed by atoms with Crippen LogP contribution in [0.4, 0.5) is 0 Å². The maximum atomic E-state index is 12.6. The van der Waals surface area contributed by atoms with Gasteiger partial charge in [-0.2, -0.15) is 0 Å². The summed E-state index contributed by atoms with van der Waals surface area (Å²) in [5, 5.41) is 8.73. The number of allylic oxidation sites excluding steroid dienone is 3. The summed E-state index contributed by atoms with van der Waals surface area (Å²) < 4.78 is 5.15. The molecule has 0 heterocycles. The Kier molecular flexibility index (Phi) is 9.62. The van der Waals surface area contributed by atoms with Gasteiger partial charge in [0.1, 0.15) is 0 Å². The van der Waals surface area contributed by atoms with Gasteiger partial charge in [0.15, 0.2) is 11.5 Å². The highest BCUT2D eigenvalue weighted by molar-refractivity contribution is 6.24. The van der Waals surface area contributed by atoms with Crippen LogP contribution >= 0.6 is 0 Å². The SMILES string of the molecule is CCC1=C(OC)C(=O)C(C)=C(CCCCCCCCCCO)C1=O. The van der Waals surface area contributed by atoms with Crippen molar-refractivity contribution in [2.45, 2.75) is 78.1 Å². The van der Waals surface area contributed by atoms with Crippen molar-refractivity contribution in [2.75, 3.05) is 13.7 Å². The van der Waals surface area contributed by atoms with Gasteiger partial charge in [0.05, 0.1) is 7.11 Å². The molecule has 136 valence electrons. The normalized spacial score (nSPS) is 15.5. The molecule has 0 spiro atoms. The van der Waals surface area contributed by atoms with Gasteiger partial charge in [0, 0.05) is 23.3 Å². The van der Waals surface area contributed by atoms with Crippen LogP contribution in [-0.2, 0) is 14.3 Å². The Morgan fingerprint density at radius 2 is 1.38 bits per heavy atom. The molecule has 0 radical (unpaired) electrons. The molecule has 1 aliphatic rings. The number of ether oxygens (including phenoxy) is 1. The first kappa shape index (κ1) is 20.6. The van der Waals surface area contributed by atoms with E-state index >= 15 is 0 Å². The van der Waals surface area contributed by atoms with Gasteiger partial charge in [-0.3, -0.25) is 9.59 Å². The van der Waals surface area contributed by atoms with E-state index in [1.165, 1.54) is 26.4 Å². The molecule has 24 heavy (non-hydrogen) atoms. The molecule has 0 bridgehead atoms. The maximum absolute atomic E-state index is 12.6. The molecule has 0 atom stereocenters. The number of carbonyl (C=O) groups excluding carboxylic acids is 2. The van der Waals surface area contributed by atoms with Gasteiger partial charge in [0.25, 0.3) is 0 Å². The van der Waals surface area contributed by atoms with E-state index in [1.54, 1.807) is 6.92 Å². The predicted molar refractivity (Wildman–Crippen MR) is 95.7 cm³/mol. The number of methoxy groups -OCH3 is 1. The number of unbranched alkanes of at least 4 members (excludes halogenated alkanes) is 7. The van der Waals surface area contributed by atoms with Gasteiger partial charge in [-0.15, -0.1) is 0 Å². The van der Waals surface area contributed by atoms with Crippen LogP contribution in [0.25, 0.3) is 0 Å². The van der Waals surface area contributed by atoms with Crippen molar-refractivity contribution >= 4 is 11.6 Å². The lowest BCUT2D eigenvalue weighted by Crippen LogP contribution is -2.23.